The average Bonchev–Trinajstić information content (AvgIpc) is 2.54. The van der Waals surface area contributed by atoms with Gasteiger partial charge in [-0.2, -0.15) is 0 Å². The smallest absolute Gasteiger partial charge is 0.339 e. The van der Waals surface area contributed by atoms with Gasteiger partial charge in [-0.05, 0) is 18.2 Å². The minimum absolute atomic E-state index is 0.193. The van der Waals surface area contributed by atoms with Crippen LogP contribution in [0.15, 0.2) is 46.5 Å². The van der Waals surface area contributed by atoms with Crippen molar-refractivity contribution < 1.29 is 24.4 Å². The summed E-state index contributed by atoms with van der Waals surface area (Å²) >= 11 is 0.935. The summed E-state index contributed by atoms with van der Waals surface area (Å²) in [4.78, 5) is 37.6. The predicted octanol–water partition coefficient (Wildman–Crippen LogP) is 2.63. The van der Waals surface area contributed by atoms with Crippen LogP contribution in [0.2, 0.25) is 0 Å². The van der Waals surface area contributed by atoms with Crippen molar-refractivity contribution >= 4 is 29.4 Å². The second-order valence-corrected chi connectivity index (χ2v) is 5.29. The fourth-order valence-electron chi connectivity index (χ4n) is 1.74. The zero-order chi connectivity index (χ0) is 17.0. The molecule has 0 fully saturated rings. The lowest BCUT2D eigenvalue weighted by Gasteiger charge is -2.07. The molecule has 0 aliphatic rings. The largest absolute Gasteiger partial charge is 0.478 e. The first-order valence-electron chi connectivity index (χ1n) is 6.16. The van der Waals surface area contributed by atoms with Gasteiger partial charge in [0.15, 0.2) is 0 Å². The molecule has 9 heteroatoms. The Balaban J connectivity index is 2.47. The fraction of sp³-hybridized carbons (Fsp3) is 0.0714. The lowest BCUT2D eigenvalue weighted by Crippen LogP contribution is -2.04. The van der Waals surface area contributed by atoms with Crippen LogP contribution >= 0.6 is 11.8 Å². The summed E-state index contributed by atoms with van der Waals surface area (Å²) in [7, 11) is 1.22. The maximum Gasteiger partial charge on any atom is 0.339 e. The van der Waals surface area contributed by atoms with Gasteiger partial charge in [0, 0.05) is 23.4 Å². The van der Waals surface area contributed by atoms with E-state index in [2.05, 4.69) is 9.72 Å². The molecule has 2 rings (SSSR count). The van der Waals surface area contributed by atoms with Crippen molar-refractivity contribution in [3.8, 4) is 0 Å². The number of carboxylic acids is 1. The van der Waals surface area contributed by atoms with Crippen molar-refractivity contribution in [2.24, 2.45) is 0 Å². The van der Waals surface area contributed by atoms with Crippen LogP contribution in [0.25, 0.3) is 0 Å². The number of pyridine rings is 1. The van der Waals surface area contributed by atoms with Gasteiger partial charge in [0.1, 0.15) is 0 Å². The highest BCUT2D eigenvalue weighted by atomic mass is 32.2. The molecule has 0 aliphatic heterocycles. The number of nitro groups is 1. The quantitative estimate of drug-likeness (QED) is 0.503. The molecule has 1 heterocycles. The molecule has 1 aromatic carbocycles. The van der Waals surface area contributed by atoms with Crippen molar-refractivity contribution in [2.45, 2.75) is 9.79 Å². The highest BCUT2D eigenvalue weighted by Gasteiger charge is 2.20. The SMILES string of the molecule is COC(=O)c1ccncc1Sc1ccc(C(=O)O)cc1[N+](=O)[O-]. The maximum atomic E-state index is 11.7. The van der Waals surface area contributed by atoms with Crippen LogP contribution in [0.4, 0.5) is 5.69 Å². The molecule has 0 aliphatic carbocycles. The van der Waals surface area contributed by atoms with Crippen LogP contribution in [-0.2, 0) is 4.74 Å². The van der Waals surface area contributed by atoms with Gasteiger partial charge < -0.3 is 9.84 Å². The van der Waals surface area contributed by atoms with E-state index in [-0.39, 0.29) is 21.7 Å². The number of hydrogen-bond acceptors (Lipinski definition) is 7. The molecule has 0 amide bonds. The second-order valence-electron chi connectivity index (χ2n) is 4.21. The van der Waals surface area contributed by atoms with Crippen LogP contribution in [0, 0.1) is 10.1 Å². The van der Waals surface area contributed by atoms with Crippen LogP contribution in [0.5, 0.6) is 0 Å². The van der Waals surface area contributed by atoms with Crippen molar-refractivity contribution in [1.82, 2.24) is 4.98 Å². The third-order valence-electron chi connectivity index (χ3n) is 2.81. The van der Waals surface area contributed by atoms with E-state index in [0.29, 0.717) is 4.90 Å². The highest BCUT2D eigenvalue weighted by Crippen LogP contribution is 2.36. The Kier molecular flexibility index (Phi) is 4.91. The average molecular weight is 334 g/mol. The Morgan fingerprint density at radius 3 is 2.65 bits per heavy atom. The van der Waals surface area contributed by atoms with Gasteiger partial charge in [0.25, 0.3) is 5.69 Å². The molecule has 0 unspecified atom stereocenters. The molecular weight excluding hydrogens is 324 g/mol. The van der Waals surface area contributed by atoms with E-state index in [1.54, 1.807) is 0 Å². The number of benzene rings is 1. The summed E-state index contributed by atoms with van der Waals surface area (Å²) in [5, 5.41) is 20.1. The number of esters is 1. The lowest BCUT2D eigenvalue weighted by molar-refractivity contribution is -0.387. The summed E-state index contributed by atoms with van der Waals surface area (Å²) in [5.41, 5.74) is -0.348. The number of aromatic carboxylic acids is 1. The number of aromatic nitrogens is 1. The molecular formula is C14H10N2O6S. The highest BCUT2D eigenvalue weighted by molar-refractivity contribution is 7.99. The van der Waals surface area contributed by atoms with E-state index in [9.17, 15) is 19.7 Å². The Morgan fingerprint density at radius 1 is 1.30 bits per heavy atom. The minimum Gasteiger partial charge on any atom is -0.478 e. The van der Waals surface area contributed by atoms with E-state index in [1.807, 2.05) is 0 Å². The Hall–Kier alpha value is -2.94. The van der Waals surface area contributed by atoms with Crippen LogP contribution < -0.4 is 0 Å². The van der Waals surface area contributed by atoms with Gasteiger partial charge in [-0.15, -0.1) is 0 Å². The van der Waals surface area contributed by atoms with E-state index in [1.165, 1.54) is 37.7 Å². The van der Waals surface area contributed by atoms with Crippen LogP contribution in [0.1, 0.15) is 20.7 Å². The van der Waals surface area contributed by atoms with Gasteiger partial charge in [-0.1, -0.05) is 11.8 Å². The molecule has 118 valence electrons. The van der Waals surface area contributed by atoms with Gasteiger partial charge in [0.2, 0.25) is 0 Å². The van der Waals surface area contributed by atoms with Gasteiger partial charge in [-0.25, -0.2) is 9.59 Å². The second kappa shape index (κ2) is 6.88. The fourth-order valence-corrected chi connectivity index (χ4v) is 2.72. The lowest BCUT2D eigenvalue weighted by atomic mass is 10.2. The molecule has 0 radical (unpaired) electrons. The number of carboxylic acid groups (broad SMARTS) is 1. The van der Waals surface area contributed by atoms with Gasteiger partial charge in [0.05, 0.1) is 28.1 Å². The molecule has 0 saturated carbocycles. The molecule has 0 bridgehead atoms. The first kappa shape index (κ1) is 16.4. The number of ether oxygens (including phenoxy) is 1. The number of nitro benzene ring substituents is 1. The van der Waals surface area contributed by atoms with Crippen molar-refractivity contribution in [3.63, 3.8) is 0 Å². The summed E-state index contributed by atoms with van der Waals surface area (Å²) in [6, 6.07) is 4.98. The zero-order valence-electron chi connectivity index (χ0n) is 11.8. The predicted molar refractivity (Wildman–Crippen MR) is 79.8 cm³/mol. The molecule has 2 aromatic rings. The number of methoxy groups -OCH3 is 1. The van der Waals surface area contributed by atoms with Gasteiger partial charge >= 0.3 is 11.9 Å². The van der Waals surface area contributed by atoms with Crippen LogP contribution in [0.3, 0.4) is 0 Å². The Morgan fingerprint density at radius 2 is 2.04 bits per heavy atom. The Labute approximate surface area is 134 Å². The molecule has 0 atom stereocenters. The maximum absolute atomic E-state index is 11.7. The number of hydrogen-bond donors (Lipinski definition) is 1. The summed E-state index contributed by atoms with van der Waals surface area (Å²) in [6.45, 7) is 0. The number of rotatable bonds is 5. The van der Waals surface area contributed by atoms with Gasteiger partial charge in [-0.3, -0.25) is 15.1 Å². The molecule has 1 aromatic heterocycles. The van der Waals surface area contributed by atoms with Crippen molar-refractivity contribution in [2.75, 3.05) is 7.11 Å². The van der Waals surface area contributed by atoms with E-state index < -0.39 is 16.9 Å². The Bertz CT molecular complexity index is 793. The molecule has 0 saturated heterocycles. The number of carbonyl (C=O) groups is 2. The summed E-state index contributed by atoms with van der Waals surface area (Å²) in [6.07, 6.45) is 2.78. The third kappa shape index (κ3) is 3.64. The first-order chi connectivity index (χ1) is 10.9. The molecule has 8 nitrogen and oxygen atoms in total. The summed E-state index contributed by atoms with van der Waals surface area (Å²) < 4.78 is 4.65. The number of carbonyl (C=O) groups excluding carboxylic acids is 1. The molecule has 23 heavy (non-hydrogen) atoms. The summed E-state index contributed by atoms with van der Waals surface area (Å²) in [5.74, 6) is -1.86. The third-order valence-corrected chi connectivity index (χ3v) is 3.92. The normalized spacial score (nSPS) is 10.1. The van der Waals surface area contributed by atoms with E-state index in [0.717, 1.165) is 17.8 Å². The number of nitrogens with zero attached hydrogens (tertiary/aromatic N) is 2. The zero-order valence-corrected chi connectivity index (χ0v) is 12.6. The van der Waals surface area contributed by atoms with Crippen LogP contribution in [-0.4, -0.2) is 34.1 Å². The first-order valence-corrected chi connectivity index (χ1v) is 6.97. The molecule has 0 spiro atoms. The monoisotopic (exact) mass is 334 g/mol. The van der Waals surface area contributed by atoms with E-state index in [4.69, 9.17) is 5.11 Å². The topological polar surface area (TPSA) is 120 Å². The standard InChI is InChI=1S/C14H10N2O6S/c1-22-14(19)9-4-5-15-7-12(9)23-11-3-2-8(13(17)18)6-10(11)16(20)21/h2-7H,1H3,(H,17,18). The minimum atomic E-state index is -1.26. The van der Waals surface area contributed by atoms with Crippen molar-refractivity contribution in [1.29, 1.82) is 0 Å². The molecule has 1 N–H and O–H groups in total. The van der Waals surface area contributed by atoms with Crippen molar-refractivity contribution in [3.05, 3.63) is 57.9 Å². The van der Waals surface area contributed by atoms with E-state index >= 15 is 0 Å².